The van der Waals surface area contributed by atoms with E-state index in [1.165, 1.54) is 6.42 Å². The fourth-order valence-electron chi connectivity index (χ4n) is 5.28. The van der Waals surface area contributed by atoms with E-state index in [9.17, 15) is 4.79 Å². The predicted octanol–water partition coefficient (Wildman–Crippen LogP) is 1.98. The van der Waals surface area contributed by atoms with Gasteiger partial charge in [-0.25, -0.2) is 4.98 Å². The third kappa shape index (κ3) is 1.58. The lowest BCUT2D eigenvalue weighted by atomic mass is 9.66. The number of aromatic nitrogens is 2. The molecule has 4 atom stereocenters. The van der Waals surface area contributed by atoms with Crippen molar-refractivity contribution in [3.8, 4) is 0 Å². The number of carbonyl (C=O) groups is 1. The molecule has 0 spiro atoms. The van der Waals surface area contributed by atoms with Crippen LogP contribution >= 0.6 is 0 Å². The first-order valence-electron chi connectivity index (χ1n) is 8.40. The summed E-state index contributed by atoms with van der Waals surface area (Å²) in [7, 11) is 0. The smallest absolute Gasteiger partial charge is 0.252 e. The fourth-order valence-corrected chi connectivity index (χ4v) is 5.28. The van der Waals surface area contributed by atoms with Gasteiger partial charge >= 0.3 is 0 Å². The molecular weight excluding hydrogens is 278 g/mol. The van der Waals surface area contributed by atoms with Crippen LogP contribution in [0.4, 0.5) is 0 Å². The topological polar surface area (TPSA) is 56.1 Å². The zero-order chi connectivity index (χ0) is 15.4. The summed E-state index contributed by atoms with van der Waals surface area (Å²) in [4.78, 5) is 16.9. The van der Waals surface area contributed by atoms with E-state index in [2.05, 4.69) is 24.1 Å². The first-order chi connectivity index (χ1) is 10.5. The van der Waals surface area contributed by atoms with Crippen LogP contribution in [0.1, 0.15) is 39.5 Å². The van der Waals surface area contributed by atoms with Crippen molar-refractivity contribution in [3.63, 3.8) is 0 Å². The summed E-state index contributed by atoms with van der Waals surface area (Å²) >= 11 is 0. The maximum atomic E-state index is 12.9. The summed E-state index contributed by atoms with van der Waals surface area (Å²) in [5.74, 6) is 0.773. The lowest BCUT2D eigenvalue weighted by Crippen LogP contribution is -2.55. The van der Waals surface area contributed by atoms with Gasteiger partial charge in [-0.2, -0.15) is 0 Å². The van der Waals surface area contributed by atoms with Crippen molar-refractivity contribution in [1.29, 1.82) is 0 Å². The van der Waals surface area contributed by atoms with Crippen LogP contribution in [0.25, 0.3) is 0 Å². The number of amides is 1. The van der Waals surface area contributed by atoms with Gasteiger partial charge in [0.1, 0.15) is 0 Å². The number of carbonyl (C=O) groups excluding carboxylic acids is 1. The number of hydrogen-bond acceptors (Lipinski definition) is 3. The van der Waals surface area contributed by atoms with E-state index in [4.69, 9.17) is 4.74 Å². The Morgan fingerprint density at radius 3 is 3.05 bits per heavy atom. The average Bonchev–Trinajstić information content (AvgIpc) is 3.20. The van der Waals surface area contributed by atoms with Crippen LogP contribution in [0.2, 0.25) is 0 Å². The van der Waals surface area contributed by atoms with E-state index in [1.807, 2.05) is 17.1 Å². The van der Waals surface area contributed by atoms with Crippen LogP contribution in [0.15, 0.2) is 18.7 Å². The molecule has 0 aromatic carbocycles. The SMILES string of the molecule is CC12COC3(C(=O)NCCCn4ccnc4)CC1CCC32C. The zero-order valence-corrected chi connectivity index (χ0v) is 13.5. The Balaban J connectivity index is 1.39. The first-order valence-corrected chi connectivity index (χ1v) is 8.40. The second-order valence-electron chi connectivity index (χ2n) is 7.71. The van der Waals surface area contributed by atoms with E-state index in [0.29, 0.717) is 12.5 Å². The van der Waals surface area contributed by atoms with Crippen LogP contribution in [-0.4, -0.2) is 34.2 Å². The number of nitrogens with zero attached hydrogens (tertiary/aromatic N) is 2. The summed E-state index contributed by atoms with van der Waals surface area (Å²) in [5, 5.41) is 3.14. The normalized spacial score (nSPS) is 42.0. The Morgan fingerprint density at radius 1 is 1.50 bits per heavy atom. The monoisotopic (exact) mass is 303 g/mol. The molecule has 2 saturated carbocycles. The molecule has 1 aromatic heterocycles. The van der Waals surface area contributed by atoms with Gasteiger partial charge in [-0.15, -0.1) is 0 Å². The van der Waals surface area contributed by atoms with Crippen LogP contribution in [-0.2, 0) is 16.1 Å². The Labute approximate surface area is 131 Å². The lowest BCUT2D eigenvalue weighted by molar-refractivity contribution is -0.155. The molecule has 3 aliphatic rings. The van der Waals surface area contributed by atoms with Gasteiger partial charge in [0.15, 0.2) is 5.60 Å². The number of ether oxygens (including phenoxy) is 1. The lowest BCUT2D eigenvalue weighted by Gasteiger charge is -2.40. The number of imidazole rings is 1. The number of rotatable bonds is 5. The molecule has 1 N–H and O–H groups in total. The average molecular weight is 303 g/mol. The van der Waals surface area contributed by atoms with E-state index >= 15 is 0 Å². The van der Waals surface area contributed by atoms with Gasteiger partial charge in [-0.3, -0.25) is 4.79 Å². The maximum absolute atomic E-state index is 12.9. The fraction of sp³-hybridized carbons (Fsp3) is 0.765. The summed E-state index contributed by atoms with van der Waals surface area (Å²) < 4.78 is 8.15. The second-order valence-corrected chi connectivity index (χ2v) is 7.71. The Kier molecular flexibility index (Phi) is 2.96. The third-order valence-electron chi connectivity index (χ3n) is 7.00. The highest BCUT2D eigenvalue weighted by atomic mass is 16.5. The zero-order valence-electron chi connectivity index (χ0n) is 13.5. The van der Waals surface area contributed by atoms with Crippen molar-refractivity contribution in [2.45, 2.75) is 51.7 Å². The molecule has 22 heavy (non-hydrogen) atoms. The van der Waals surface area contributed by atoms with Gasteiger partial charge in [0.05, 0.1) is 12.9 Å². The van der Waals surface area contributed by atoms with Gasteiger partial charge in [0, 0.05) is 36.3 Å². The quantitative estimate of drug-likeness (QED) is 0.846. The second kappa shape index (κ2) is 4.57. The molecule has 4 unspecified atom stereocenters. The minimum absolute atomic E-state index is 0.0130. The van der Waals surface area contributed by atoms with Crippen molar-refractivity contribution in [3.05, 3.63) is 18.7 Å². The van der Waals surface area contributed by atoms with Gasteiger partial charge in [-0.05, 0) is 31.6 Å². The molecule has 4 bridgehead atoms. The van der Waals surface area contributed by atoms with Crippen LogP contribution < -0.4 is 5.32 Å². The Morgan fingerprint density at radius 2 is 2.36 bits per heavy atom. The van der Waals surface area contributed by atoms with Crippen molar-refractivity contribution < 1.29 is 9.53 Å². The maximum Gasteiger partial charge on any atom is 0.252 e. The largest absolute Gasteiger partial charge is 0.364 e. The molecule has 1 aromatic rings. The molecule has 0 radical (unpaired) electrons. The van der Waals surface area contributed by atoms with Crippen molar-refractivity contribution in [1.82, 2.24) is 14.9 Å². The highest BCUT2D eigenvalue weighted by Crippen LogP contribution is 2.74. The molecular formula is C17H25N3O2. The summed E-state index contributed by atoms with van der Waals surface area (Å²) in [6.07, 6.45) is 9.73. The molecule has 3 fully saturated rings. The van der Waals surface area contributed by atoms with Gasteiger partial charge in [0.25, 0.3) is 5.91 Å². The Bertz CT molecular complexity index is 587. The molecule has 1 amide bonds. The van der Waals surface area contributed by atoms with E-state index in [1.54, 1.807) is 6.20 Å². The van der Waals surface area contributed by atoms with E-state index in [-0.39, 0.29) is 16.7 Å². The number of hydrogen-bond donors (Lipinski definition) is 1. The summed E-state index contributed by atoms with van der Waals surface area (Å²) in [6.45, 7) is 6.92. The predicted molar refractivity (Wildman–Crippen MR) is 82.1 cm³/mol. The molecule has 1 aliphatic heterocycles. The van der Waals surface area contributed by atoms with E-state index in [0.717, 1.165) is 32.4 Å². The molecule has 2 heterocycles. The summed E-state index contributed by atoms with van der Waals surface area (Å²) in [5.41, 5.74) is -0.361. The highest BCUT2D eigenvalue weighted by molar-refractivity contribution is 5.88. The minimum atomic E-state index is -0.570. The van der Waals surface area contributed by atoms with E-state index < -0.39 is 5.60 Å². The minimum Gasteiger partial charge on any atom is -0.364 e. The molecule has 4 rings (SSSR count). The first kappa shape index (κ1) is 14.2. The molecule has 1 saturated heterocycles. The Hall–Kier alpha value is -1.36. The highest BCUT2D eigenvalue weighted by Gasteiger charge is 2.78. The summed E-state index contributed by atoms with van der Waals surface area (Å²) in [6, 6.07) is 0. The number of aryl methyl sites for hydroxylation is 1. The number of nitrogens with one attached hydrogen (secondary N) is 1. The van der Waals surface area contributed by atoms with Crippen molar-refractivity contribution in [2.24, 2.45) is 16.7 Å². The van der Waals surface area contributed by atoms with Crippen molar-refractivity contribution >= 4 is 5.91 Å². The molecule has 5 heteroatoms. The standard InChI is InChI=1S/C17H25N3O2/c1-15-11-22-17(10-13(15)4-5-16(15,17)2)14(21)19-6-3-8-20-9-7-18-12-20/h7,9,12-13H,3-6,8,10-11H2,1-2H3,(H,19,21). The molecule has 120 valence electrons. The van der Waals surface area contributed by atoms with Crippen LogP contribution in [0.3, 0.4) is 0 Å². The molecule has 2 aliphatic carbocycles. The van der Waals surface area contributed by atoms with Crippen molar-refractivity contribution in [2.75, 3.05) is 13.2 Å². The third-order valence-corrected chi connectivity index (χ3v) is 7.00. The van der Waals surface area contributed by atoms with Crippen LogP contribution in [0.5, 0.6) is 0 Å². The van der Waals surface area contributed by atoms with Gasteiger partial charge in [0.2, 0.25) is 0 Å². The molecule has 5 nitrogen and oxygen atoms in total. The van der Waals surface area contributed by atoms with Gasteiger partial charge in [-0.1, -0.05) is 13.8 Å². The van der Waals surface area contributed by atoms with Gasteiger partial charge < -0.3 is 14.6 Å². The van der Waals surface area contributed by atoms with Crippen LogP contribution in [0, 0.1) is 16.7 Å².